The van der Waals surface area contributed by atoms with Gasteiger partial charge in [-0.1, -0.05) is 11.6 Å². The minimum absolute atomic E-state index is 0.00545. The van der Waals surface area contributed by atoms with Gasteiger partial charge in [0.15, 0.2) is 0 Å². The molecule has 0 saturated carbocycles. The van der Waals surface area contributed by atoms with E-state index in [0.717, 1.165) is 0 Å². The molecule has 0 aromatic heterocycles. The van der Waals surface area contributed by atoms with E-state index in [4.69, 9.17) is 17.3 Å². The van der Waals surface area contributed by atoms with Crippen LogP contribution in [0.2, 0.25) is 5.02 Å². The predicted molar refractivity (Wildman–Crippen MR) is 84.6 cm³/mol. The number of nitrogens with one attached hydrogen (secondary N) is 1. The fraction of sp³-hybridized carbons (Fsp3) is 0. The van der Waals surface area contributed by atoms with Gasteiger partial charge >= 0.3 is 0 Å². The second-order valence-electron chi connectivity index (χ2n) is 4.11. The third kappa shape index (κ3) is 3.50. The normalized spacial score (nSPS) is 10.2. The number of nitrogen functional groups attached to an aromatic ring is 1. The van der Waals surface area contributed by atoms with E-state index in [2.05, 4.69) is 21.2 Å². The van der Waals surface area contributed by atoms with Crippen LogP contribution in [0.3, 0.4) is 0 Å². The maximum atomic E-state index is 12.1. The first-order valence-electron chi connectivity index (χ1n) is 5.69. The summed E-state index contributed by atoms with van der Waals surface area (Å²) in [5, 5.41) is 13.4. The minimum atomic E-state index is -0.615. The summed E-state index contributed by atoms with van der Waals surface area (Å²) in [7, 11) is 0. The van der Waals surface area contributed by atoms with Gasteiger partial charge in [0, 0.05) is 27.5 Å². The number of halogens is 2. The van der Waals surface area contributed by atoms with E-state index in [-0.39, 0.29) is 16.4 Å². The maximum Gasteiger partial charge on any atom is 0.289 e. The highest BCUT2D eigenvalue weighted by molar-refractivity contribution is 9.10. The molecule has 0 saturated heterocycles. The largest absolute Gasteiger partial charge is 0.398 e. The number of amides is 1. The Morgan fingerprint density at radius 2 is 2.00 bits per heavy atom. The number of nitro groups is 1. The van der Waals surface area contributed by atoms with Gasteiger partial charge in [0.2, 0.25) is 0 Å². The van der Waals surface area contributed by atoms with Crippen LogP contribution in [0.4, 0.5) is 17.1 Å². The summed E-state index contributed by atoms with van der Waals surface area (Å²) in [6.07, 6.45) is 0. The smallest absolute Gasteiger partial charge is 0.289 e. The number of hydrogen-bond donors (Lipinski definition) is 2. The summed E-state index contributed by atoms with van der Waals surface area (Å²) >= 11 is 8.94. The van der Waals surface area contributed by atoms with Crippen molar-refractivity contribution >= 4 is 50.5 Å². The van der Waals surface area contributed by atoms with Crippen LogP contribution in [0, 0.1) is 10.1 Å². The minimum Gasteiger partial charge on any atom is -0.398 e. The second kappa shape index (κ2) is 6.11. The monoisotopic (exact) mass is 369 g/mol. The Morgan fingerprint density at radius 3 is 2.62 bits per heavy atom. The fourth-order valence-electron chi connectivity index (χ4n) is 1.62. The molecule has 0 aliphatic carbocycles. The molecule has 0 fully saturated rings. The zero-order chi connectivity index (χ0) is 15.6. The van der Waals surface area contributed by atoms with Gasteiger partial charge in [0.1, 0.15) is 5.02 Å². The number of nitrogens with zero attached hydrogens (tertiary/aromatic N) is 1. The fourth-order valence-corrected chi connectivity index (χ4v) is 2.05. The van der Waals surface area contributed by atoms with Crippen LogP contribution in [-0.2, 0) is 0 Å². The number of rotatable bonds is 3. The van der Waals surface area contributed by atoms with Gasteiger partial charge in [-0.15, -0.1) is 0 Å². The Bertz CT molecular complexity index is 737. The van der Waals surface area contributed by atoms with Crippen LogP contribution in [0.1, 0.15) is 10.4 Å². The topological polar surface area (TPSA) is 98.3 Å². The molecule has 0 atom stereocenters. The number of carbonyl (C=O) groups excluding carboxylic acids is 1. The van der Waals surface area contributed by atoms with Crippen molar-refractivity contribution in [2.24, 2.45) is 0 Å². The zero-order valence-corrected chi connectivity index (χ0v) is 12.8. The lowest BCUT2D eigenvalue weighted by Crippen LogP contribution is -2.12. The van der Waals surface area contributed by atoms with Crippen molar-refractivity contribution < 1.29 is 9.72 Å². The molecule has 0 aliphatic rings. The summed E-state index contributed by atoms with van der Waals surface area (Å²) in [4.78, 5) is 22.2. The molecule has 108 valence electrons. The Kier molecular flexibility index (Phi) is 4.44. The van der Waals surface area contributed by atoms with Crippen LogP contribution in [0.15, 0.2) is 40.9 Å². The van der Waals surface area contributed by atoms with E-state index in [0.29, 0.717) is 15.7 Å². The molecule has 0 unspecified atom stereocenters. The molecule has 6 nitrogen and oxygen atoms in total. The van der Waals surface area contributed by atoms with Gasteiger partial charge in [-0.3, -0.25) is 14.9 Å². The lowest BCUT2D eigenvalue weighted by molar-refractivity contribution is -0.384. The average Bonchev–Trinajstić information content (AvgIpc) is 2.43. The number of anilines is 2. The lowest BCUT2D eigenvalue weighted by Gasteiger charge is -2.07. The van der Waals surface area contributed by atoms with E-state index in [1.54, 1.807) is 12.1 Å². The highest BCUT2D eigenvalue weighted by atomic mass is 79.9. The number of carbonyl (C=O) groups is 1. The van der Waals surface area contributed by atoms with Crippen LogP contribution in [0.5, 0.6) is 0 Å². The first kappa shape index (κ1) is 15.3. The summed E-state index contributed by atoms with van der Waals surface area (Å²) in [6.45, 7) is 0. The van der Waals surface area contributed by atoms with Crippen molar-refractivity contribution in [1.29, 1.82) is 0 Å². The molecule has 3 N–H and O–H groups in total. The SMILES string of the molecule is Nc1cc(C(=O)Nc2ccc(Cl)c([N+](=O)[O-])c2)ccc1Br. The molecule has 1 amide bonds. The summed E-state index contributed by atoms with van der Waals surface area (Å²) in [6, 6.07) is 8.77. The maximum absolute atomic E-state index is 12.1. The van der Waals surface area contributed by atoms with Crippen molar-refractivity contribution in [3.05, 3.63) is 61.6 Å². The molecule has 0 aliphatic heterocycles. The van der Waals surface area contributed by atoms with Crippen LogP contribution in [-0.4, -0.2) is 10.8 Å². The van der Waals surface area contributed by atoms with Gasteiger partial charge in [-0.05, 0) is 46.3 Å². The Morgan fingerprint density at radius 1 is 1.29 bits per heavy atom. The third-order valence-corrected chi connectivity index (χ3v) is 3.70. The van der Waals surface area contributed by atoms with Crippen molar-refractivity contribution in [2.75, 3.05) is 11.1 Å². The summed E-state index contributed by atoms with van der Waals surface area (Å²) in [5.41, 5.74) is 6.47. The first-order chi connectivity index (χ1) is 9.88. The predicted octanol–water partition coefficient (Wildman–Crippen LogP) is 3.85. The molecule has 8 heteroatoms. The van der Waals surface area contributed by atoms with E-state index >= 15 is 0 Å². The van der Waals surface area contributed by atoms with Crippen molar-refractivity contribution in [3.8, 4) is 0 Å². The van der Waals surface area contributed by atoms with Gasteiger partial charge in [0.25, 0.3) is 11.6 Å². The van der Waals surface area contributed by atoms with Gasteiger partial charge in [0.05, 0.1) is 4.92 Å². The van der Waals surface area contributed by atoms with Gasteiger partial charge in [-0.2, -0.15) is 0 Å². The lowest BCUT2D eigenvalue weighted by atomic mass is 10.2. The Balaban J connectivity index is 2.25. The molecule has 0 bridgehead atoms. The number of hydrogen-bond acceptors (Lipinski definition) is 4. The van der Waals surface area contributed by atoms with Crippen LogP contribution in [0.25, 0.3) is 0 Å². The highest BCUT2D eigenvalue weighted by Crippen LogP contribution is 2.28. The number of nitrogens with two attached hydrogens (primary N) is 1. The summed E-state index contributed by atoms with van der Waals surface area (Å²) in [5.74, 6) is -0.425. The zero-order valence-electron chi connectivity index (χ0n) is 10.5. The molecule has 21 heavy (non-hydrogen) atoms. The second-order valence-corrected chi connectivity index (χ2v) is 5.38. The van der Waals surface area contributed by atoms with Crippen LogP contribution >= 0.6 is 27.5 Å². The standard InChI is InChI=1S/C13H9BrClN3O3/c14-9-3-1-7(5-11(9)16)13(19)17-8-2-4-10(15)12(6-8)18(20)21/h1-6H,16H2,(H,17,19). The molecule has 2 aromatic rings. The Labute approximate surface area is 133 Å². The number of benzene rings is 2. The number of nitro benzene ring substituents is 1. The van der Waals surface area contributed by atoms with Crippen molar-refractivity contribution in [3.63, 3.8) is 0 Å². The summed E-state index contributed by atoms with van der Waals surface area (Å²) < 4.78 is 0.682. The molecule has 2 aromatic carbocycles. The van der Waals surface area contributed by atoms with Crippen molar-refractivity contribution in [1.82, 2.24) is 0 Å². The van der Waals surface area contributed by atoms with Gasteiger partial charge < -0.3 is 11.1 Å². The van der Waals surface area contributed by atoms with Crippen LogP contribution < -0.4 is 11.1 Å². The quantitative estimate of drug-likeness (QED) is 0.487. The van der Waals surface area contributed by atoms with E-state index in [1.165, 1.54) is 24.3 Å². The molecule has 0 radical (unpaired) electrons. The molecular weight excluding hydrogens is 362 g/mol. The average molecular weight is 371 g/mol. The molecule has 0 heterocycles. The van der Waals surface area contributed by atoms with E-state index in [9.17, 15) is 14.9 Å². The van der Waals surface area contributed by atoms with Gasteiger partial charge in [-0.25, -0.2) is 0 Å². The third-order valence-electron chi connectivity index (χ3n) is 2.66. The molecule has 0 spiro atoms. The molecule has 2 rings (SSSR count). The van der Waals surface area contributed by atoms with E-state index in [1.807, 2.05) is 0 Å². The van der Waals surface area contributed by atoms with E-state index < -0.39 is 10.8 Å². The van der Waals surface area contributed by atoms with Crippen molar-refractivity contribution in [2.45, 2.75) is 0 Å². The first-order valence-corrected chi connectivity index (χ1v) is 6.86. The molecular formula is C13H9BrClN3O3. The Hall–Kier alpha value is -2.12. The highest BCUT2D eigenvalue weighted by Gasteiger charge is 2.14.